The van der Waals surface area contributed by atoms with E-state index in [0.717, 1.165) is 22.8 Å². The van der Waals surface area contributed by atoms with Crippen molar-refractivity contribution in [1.29, 1.82) is 0 Å². The number of nitrogens with one attached hydrogen (secondary N) is 1. The van der Waals surface area contributed by atoms with Gasteiger partial charge in [0.1, 0.15) is 0 Å². The Labute approximate surface area is 120 Å². The molecule has 0 aliphatic heterocycles. The van der Waals surface area contributed by atoms with Crippen LogP contribution in [0.4, 0.5) is 0 Å². The molecule has 1 N–H and O–H groups in total. The lowest BCUT2D eigenvalue weighted by molar-refractivity contribution is 0.871. The molecule has 0 heterocycles. The molecule has 0 amide bonds. The minimum absolute atomic E-state index is 0.755. The van der Waals surface area contributed by atoms with Gasteiger partial charge in [0, 0.05) is 17.8 Å². The molecule has 0 saturated heterocycles. The molecule has 2 nitrogen and oxygen atoms in total. The summed E-state index contributed by atoms with van der Waals surface area (Å²) in [5, 5.41) is 3.90. The van der Waals surface area contributed by atoms with Crippen LogP contribution in [0.5, 0.6) is 0 Å². The highest BCUT2D eigenvalue weighted by atomic mass is 35.5. The van der Waals surface area contributed by atoms with Crippen molar-refractivity contribution in [2.24, 2.45) is 4.99 Å². The first-order valence-corrected chi connectivity index (χ1v) is 6.73. The molecule has 0 fully saturated rings. The lowest BCUT2D eigenvalue weighted by atomic mass is 10.1. The van der Waals surface area contributed by atoms with Crippen LogP contribution < -0.4 is 5.32 Å². The summed E-state index contributed by atoms with van der Waals surface area (Å²) in [6, 6.07) is 7.85. The Hall–Kier alpha value is -1.38. The number of allylic oxidation sites excluding steroid dienone is 2. The van der Waals surface area contributed by atoms with Gasteiger partial charge >= 0.3 is 0 Å². The number of likely N-dealkylation sites (N-methyl/N-ethyl adjacent to an activating group) is 1. The maximum atomic E-state index is 5.90. The van der Waals surface area contributed by atoms with Gasteiger partial charge in [-0.15, -0.1) is 0 Å². The first kappa shape index (κ1) is 15.7. The Bertz CT molecular complexity index is 496. The van der Waals surface area contributed by atoms with Crippen LogP contribution in [-0.4, -0.2) is 19.8 Å². The smallest absolute Gasteiger partial charge is 0.0630 e. The van der Waals surface area contributed by atoms with Crippen molar-refractivity contribution in [3.8, 4) is 0 Å². The van der Waals surface area contributed by atoms with Crippen LogP contribution in [0.25, 0.3) is 5.57 Å². The van der Waals surface area contributed by atoms with Gasteiger partial charge in [0.2, 0.25) is 0 Å². The minimum Gasteiger partial charge on any atom is -0.316 e. The van der Waals surface area contributed by atoms with Crippen molar-refractivity contribution < 1.29 is 0 Å². The average Bonchev–Trinajstić information content (AvgIpc) is 2.39. The molecule has 0 aliphatic rings. The van der Waals surface area contributed by atoms with Gasteiger partial charge in [-0.1, -0.05) is 23.7 Å². The topological polar surface area (TPSA) is 24.4 Å². The van der Waals surface area contributed by atoms with E-state index >= 15 is 0 Å². The summed E-state index contributed by atoms with van der Waals surface area (Å²) < 4.78 is 0. The second-order valence-electron chi connectivity index (χ2n) is 4.42. The van der Waals surface area contributed by atoms with Gasteiger partial charge in [0.05, 0.1) is 5.70 Å². The molecule has 0 spiro atoms. The predicted molar refractivity (Wildman–Crippen MR) is 85.9 cm³/mol. The molecule has 1 aromatic carbocycles. The molecule has 0 unspecified atom stereocenters. The largest absolute Gasteiger partial charge is 0.316 e. The van der Waals surface area contributed by atoms with Crippen molar-refractivity contribution in [2.45, 2.75) is 20.8 Å². The summed E-state index contributed by atoms with van der Waals surface area (Å²) in [4.78, 5) is 4.44. The van der Waals surface area contributed by atoms with Gasteiger partial charge in [-0.2, -0.15) is 0 Å². The molecule has 1 aromatic rings. The van der Waals surface area contributed by atoms with E-state index in [4.69, 9.17) is 11.6 Å². The lowest BCUT2D eigenvalue weighted by Crippen LogP contribution is -2.09. The molecule has 19 heavy (non-hydrogen) atoms. The number of hydrogen-bond acceptors (Lipinski definition) is 2. The van der Waals surface area contributed by atoms with E-state index in [9.17, 15) is 0 Å². The van der Waals surface area contributed by atoms with Gasteiger partial charge in [-0.05, 0) is 62.7 Å². The van der Waals surface area contributed by atoms with E-state index in [2.05, 4.69) is 30.2 Å². The van der Waals surface area contributed by atoms with E-state index in [-0.39, 0.29) is 0 Å². The molecule has 0 radical (unpaired) electrons. The highest BCUT2D eigenvalue weighted by Crippen LogP contribution is 2.20. The zero-order valence-corrected chi connectivity index (χ0v) is 12.8. The highest BCUT2D eigenvalue weighted by Gasteiger charge is 2.00. The maximum absolute atomic E-state index is 5.90. The molecule has 1 rings (SSSR count). The normalized spacial score (nSPS) is 13.8. The first-order chi connectivity index (χ1) is 9.08. The van der Waals surface area contributed by atoms with Gasteiger partial charge in [0.15, 0.2) is 0 Å². The Balaban J connectivity index is 3.08. The Kier molecular flexibility index (Phi) is 6.54. The van der Waals surface area contributed by atoms with Crippen molar-refractivity contribution in [1.82, 2.24) is 5.32 Å². The molecular formula is C16H21ClN2. The number of halogens is 1. The number of benzene rings is 1. The van der Waals surface area contributed by atoms with E-state index in [1.165, 1.54) is 11.1 Å². The van der Waals surface area contributed by atoms with Gasteiger partial charge < -0.3 is 5.32 Å². The zero-order valence-electron chi connectivity index (χ0n) is 12.0. The van der Waals surface area contributed by atoms with Crippen LogP contribution in [0.2, 0.25) is 5.02 Å². The fraction of sp³-hybridized carbons (Fsp3) is 0.312. The summed E-state index contributed by atoms with van der Waals surface area (Å²) in [7, 11) is 1.94. The second kappa shape index (κ2) is 7.93. The van der Waals surface area contributed by atoms with Gasteiger partial charge in [0.25, 0.3) is 0 Å². The third kappa shape index (κ3) is 5.01. The quantitative estimate of drug-likeness (QED) is 0.628. The summed E-state index contributed by atoms with van der Waals surface area (Å²) in [5.41, 5.74) is 4.55. The van der Waals surface area contributed by atoms with Crippen LogP contribution in [0.3, 0.4) is 0 Å². The molecular weight excluding hydrogens is 256 g/mol. The standard InChI is InChI=1S/C16H21ClN2/c1-5-19-16(13(3)11-18-4)10-12(2)14-6-8-15(17)9-7-14/h5-10,18H,11H2,1-4H3/b12-10+,16-13-,19-5?. The summed E-state index contributed by atoms with van der Waals surface area (Å²) >= 11 is 5.90. The van der Waals surface area contributed by atoms with Gasteiger partial charge in [-0.3, -0.25) is 4.99 Å². The highest BCUT2D eigenvalue weighted by molar-refractivity contribution is 6.30. The predicted octanol–water partition coefficient (Wildman–Crippen LogP) is 4.33. The maximum Gasteiger partial charge on any atom is 0.0630 e. The molecule has 0 saturated carbocycles. The summed E-state index contributed by atoms with van der Waals surface area (Å²) in [5.74, 6) is 0. The van der Waals surface area contributed by atoms with Crippen molar-refractivity contribution in [3.05, 3.63) is 52.2 Å². The van der Waals surface area contributed by atoms with Crippen molar-refractivity contribution >= 4 is 23.4 Å². The van der Waals surface area contributed by atoms with E-state index in [0.29, 0.717) is 0 Å². The third-order valence-corrected chi connectivity index (χ3v) is 3.05. The van der Waals surface area contributed by atoms with Crippen LogP contribution in [0.15, 0.2) is 46.6 Å². The Morgan fingerprint density at radius 1 is 1.26 bits per heavy atom. The lowest BCUT2D eigenvalue weighted by Gasteiger charge is -2.06. The molecule has 0 aliphatic carbocycles. The van der Waals surface area contributed by atoms with E-state index in [1.54, 1.807) is 0 Å². The van der Waals surface area contributed by atoms with Crippen molar-refractivity contribution in [2.75, 3.05) is 13.6 Å². The monoisotopic (exact) mass is 276 g/mol. The van der Waals surface area contributed by atoms with E-state index in [1.807, 2.05) is 44.5 Å². The van der Waals surface area contributed by atoms with Crippen LogP contribution in [0, 0.1) is 0 Å². The van der Waals surface area contributed by atoms with Gasteiger partial charge in [-0.25, -0.2) is 0 Å². The second-order valence-corrected chi connectivity index (χ2v) is 4.85. The third-order valence-electron chi connectivity index (χ3n) is 2.80. The van der Waals surface area contributed by atoms with E-state index < -0.39 is 0 Å². The summed E-state index contributed by atoms with van der Waals surface area (Å²) in [6.45, 7) is 6.93. The van der Waals surface area contributed by atoms with Crippen molar-refractivity contribution in [3.63, 3.8) is 0 Å². The number of nitrogens with zero attached hydrogens (tertiary/aromatic N) is 1. The average molecular weight is 277 g/mol. The van der Waals surface area contributed by atoms with Crippen LogP contribution in [-0.2, 0) is 0 Å². The minimum atomic E-state index is 0.755. The molecule has 102 valence electrons. The zero-order chi connectivity index (χ0) is 14.3. The van der Waals surface area contributed by atoms with Crippen LogP contribution >= 0.6 is 11.6 Å². The fourth-order valence-corrected chi connectivity index (χ4v) is 1.89. The number of rotatable bonds is 5. The molecule has 0 atom stereocenters. The molecule has 3 heteroatoms. The van der Waals surface area contributed by atoms with Crippen LogP contribution in [0.1, 0.15) is 26.3 Å². The molecule has 0 bridgehead atoms. The Morgan fingerprint density at radius 3 is 2.42 bits per heavy atom. The number of hydrogen-bond donors (Lipinski definition) is 1. The Morgan fingerprint density at radius 2 is 1.89 bits per heavy atom. The molecule has 0 aromatic heterocycles. The fourth-order valence-electron chi connectivity index (χ4n) is 1.77. The SMILES string of the molecule is CC=NC(/C=C(\C)c1ccc(Cl)cc1)=C(/C)CNC. The first-order valence-electron chi connectivity index (χ1n) is 6.35. The number of aliphatic imine (C=N–C) groups is 1. The summed E-state index contributed by atoms with van der Waals surface area (Å²) in [6.07, 6.45) is 3.93.